The van der Waals surface area contributed by atoms with Crippen LogP contribution in [0.2, 0.25) is 0 Å². The Kier molecular flexibility index (Phi) is 4.75. The Balaban J connectivity index is 1.96. The van der Waals surface area contributed by atoms with E-state index in [4.69, 9.17) is 0 Å². The predicted octanol–water partition coefficient (Wildman–Crippen LogP) is 3.28. The van der Waals surface area contributed by atoms with Crippen LogP contribution in [-0.2, 0) is 0 Å². The number of non-ortho nitro benzene ring substituents is 1. The Labute approximate surface area is 126 Å². The van der Waals surface area contributed by atoms with Gasteiger partial charge in [0.1, 0.15) is 0 Å². The topological polar surface area (TPSA) is 72.2 Å². The van der Waals surface area contributed by atoms with Gasteiger partial charge in [0, 0.05) is 29.6 Å². The minimum Gasteiger partial charge on any atom is -0.351 e. The van der Waals surface area contributed by atoms with Crippen LogP contribution in [0.4, 0.5) is 5.69 Å². The number of carbonyl (C=O) groups is 1. The average molecular weight is 341 g/mol. The summed E-state index contributed by atoms with van der Waals surface area (Å²) in [6.45, 7) is 0.647. The number of nitro groups is 1. The Bertz CT molecular complexity index is 496. The third-order valence-corrected chi connectivity index (χ3v) is 5.10. The van der Waals surface area contributed by atoms with Crippen LogP contribution in [0.1, 0.15) is 36.0 Å². The van der Waals surface area contributed by atoms with Crippen LogP contribution in [0, 0.1) is 15.5 Å². The first-order valence-electron chi connectivity index (χ1n) is 6.65. The summed E-state index contributed by atoms with van der Waals surface area (Å²) in [4.78, 5) is 22.1. The van der Waals surface area contributed by atoms with Gasteiger partial charge in [-0.15, -0.1) is 0 Å². The maximum absolute atomic E-state index is 12.0. The molecule has 1 N–H and O–H groups in total. The first-order valence-corrected chi connectivity index (χ1v) is 7.77. The molecule has 2 rings (SSSR count). The Hall–Kier alpha value is -1.43. The van der Waals surface area contributed by atoms with Gasteiger partial charge in [-0.1, -0.05) is 28.8 Å². The first kappa shape index (κ1) is 15.0. The summed E-state index contributed by atoms with van der Waals surface area (Å²) in [6, 6.07) is 5.68. The second-order valence-electron chi connectivity index (χ2n) is 5.33. The molecular formula is C14H17BrN2O3. The van der Waals surface area contributed by atoms with Gasteiger partial charge in [-0.05, 0) is 30.4 Å². The third kappa shape index (κ3) is 3.36. The molecule has 0 aliphatic heterocycles. The number of alkyl halides is 1. The Morgan fingerprint density at radius 2 is 1.90 bits per heavy atom. The Morgan fingerprint density at radius 1 is 1.30 bits per heavy atom. The van der Waals surface area contributed by atoms with Gasteiger partial charge in [0.15, 0.2) is 0 Å². The van der Waals surface area contributed by atoms with E-state index in [1.54, 1.807) is 0 Å². The highest BCUT2D eigenvalue weighted by atomic mass is 79.9. The molecule has 0 saturated heterocycles. The molecule has 1 saturated carbocycles. The van der Waals surface area contributed by atoms with E-state index in [2.05, 4.69) is 21.2 Å². The van der Waals surface area contributed by atoms with E-state index in [9.17, 15) is 14.9 Å². The molecule has 0 bridgehead atoms. The van der Waals surface area contributed by atoms with Crippen LogP contribution in [-0.4, -0.2) is 22.7 Å². The van der Waals surface area contributed by atoms with Crippen molar-refractivity contribution in [3.05, 3.63) is 39.9 Å². The highest BCUT2D eigenvalue weighted by Crippen LogP contribution is 2.38. The molecule has 6 heteroatoms. The monoisotopic (exact) mass is 340 g/mol. The molecule has 0 spiro atoms. The lowest BCUT2D eigenvalue weighted by Crippen LogP contribution is -2.37. The smallest absolute Gasteiger partial charge is 0.269 e. The molecule has 0 unspecified atom stereocenters. The van der Waals surface area contributed by atoms with Crippen molar-refractivity contribution in [2.75, 3.05) is 11.9 Å². The number of nitrogens with zero attached hydrogens (tertiary/aromatic N) is 1. The molecular weight excluding hydrogens is 324 g/mol. The summed E-state index contributed by atoms with van der Waals surface area (Å²) in [5.41, 5.74) is 0.615. The van der Waals surface area contributed by atoms with Gasteiger partial charge in [-0.3, -0.25) is 14.9 Å². The van der Waals surface area contributed by atoms with E-state index in [-0.39, 0.29) is 17.0 Å². The lowest BCUT2D eigenvalue weighted by molar-refractivity contribution is -0.384. The summed E-state index contributed by atoms with van der Waals surface area (Å²) < 4.78 is 0. The zero-order valence-corrected chi connectivity index (χ0v) is 12.7. The quantitative estimate of drug-likeness (QED) is 0.507. The number of carbonyl (C=O) groups excluding carboxylic acids is 1. The fraction of sp³-hybridized carbons (Fsp3) is 0.500. The van der Waals surface area contributed by atoms with Crippen molar-refractivity contribution in [1.29, 1.82) is 0 Å². The van der Waals surface area contributed by atoms with Gasteiger partial charge in [0.2, 0.25) is 0 Å². The van der Waals surface area contributed by atoms with Crippen LogP contribution in [0.5, 0.6) is 0 Å². The van der Waals surface area contributed by atoms with Gasteiger partial charge in [-0.25, -0.2) is 0 Å². The highest BCUT2D eigenvalue weighted by molar-refractivity contribution is 9.09. The van der Waals surface area contributed by atoms with E-state index in [1.807, 2.05) is 0 Å². The fourth-order valence-electron chi connectivity index (χ4n) is 2.59. The molecule has 5 nitrogen and oxygen atoms in total. The molecule has 108 valence electrons. The van der Waals surface area contributed by atoms with E-state index in [0.717, 1.165) is 18.2 Å². The van der Waals surface area contributed by atoms with Gasteiger partial charge in [0.05, 0.1) is 4.92 Å². The van der Waals surface area contributed by atoms with Crippen molar-refractivity contribution in [1.82, 2.24) is 5.32 Å². The van der Waals surface area contributed by atoms with Crippen molar-refractivity contribution >= 4 is 27.5 Å². The van der Waals surface area contributed by atoms with Crippen LogP contribution in [0.25, 0.3) is 0 Å². The molecule has 1 aliphatic carbocycles. The highest BCUT2D eigenvalue weighted by Gasteiger charge is 2.33. The number of nitrogens with one attached hydrogen (secondary N) is 1. The average Bonchev–Trinajstić information content (AvgIpc) is 2.94. The number of halogens is 1. The van der Waals surface area contributed by atoms with Crippen molar-refractivity contribution in [3.8, 4) is 0 Å². The van der Waals surface area contributed by atoms with Crippen LogP contribution in [0.15, 0.2) is 24.3 Å². The van der Waals surface area contributed by atoms with Crippen molar-refractivity contribution in [2.24, 2.45) is 5.41 Å². The minimum atomic E-state index is -0.472. The van der Waals surface area contributed by atoms with Crippen molar-refractivity contribution < 1.29 is 9.72 Å². The SMILES string of the molecule is O=C(NCC1(CBr)CCCC1)c1ccc([N+](=O)[O-])cc1. The second kappa shape index (κ2) is 6.35. The zero-order valence-electron chi connectivity index (χ0n) is 11.1. The van der Waals surface area contributed by atoms with Gasteiger partial charge in [-0.2, -0.15) is 0 Å². The first-order chi connectivity index (χ1) is 9.56. The second-order valence-corrected chi connectivity index (χ2v) is 5.89. The fourth-order valence-corrected chi connectivity index (χ4v) is 3.35. The van der Waals surface area contributed by atoms with Crippen LogP contribution >= 0.6 is 15.9 Å². The summed E-state index contributed by atoms with van der Waals surface area (Å²) in [6.07, 6.45) is 4.66. The van der Waals surface area contributed by atoms with Gasteiger partial charge in [0.25, 0.3) is 11.6 Å². The molecule has 20 heavy (non-hydrogen) atoms. The number of benzene rings is 1. The van der Waals surface area contributed by atoms with E-state index < -0.39 is 4.92 Å². The number of nitro benzene ring substituents is 1. The van der Waals surface area contributed by atoms with E-state index in [1.165, 1.54) is 37.1 Å². The molecule has 0 atom stereocenters. The zero-order chi connectivity index (χ0) is 14.6. The standard InChI is InChI=1S/C14H17BrN2O3/c15-9-14(7-1-2-8-14)10-16-13(18)11-3-5-12(6-4-11)17(19)20/h3-6H,1-2,7-10H2,(H,16,18). The molecule has 1 aromatic carbocycles. The van der Waals surface area contributed by atoms with Crippen LogP contribution < -0.4 is 5.32 Å². The van der Waals surface area contributed by atoms with Crippen molar-refractivity contribution in [3.63, 3.8) is 0 Å². The van der Waals surface area contributed by atoms with Gasteiger partial charge < -0.3 is 5.32 Å². The summed E-state index contributed by atoms with van der Waals surface area (Å²) in [5, 5.41) is 14.4. The normalized spacial score (nSPS) is 16.9. The third-order valence-electron chi connectivity index (χ3n) is 3.91. The summed E-state index contributed by atoms with van der Waals surface area (Å²) >= 11 is 3.54. The molecule has 1 amide bonds. The van der Waals surface area contributed by atoms with E-state index >= 15 is 0 Å². The molecule has 1 aliphatic rings. The number of amides is 1. The number of hydrogen-bond acceptors (Lipinski definition) is 3. The molecule has 0 radical (unpaired) electrons. The lowest BCUT2D eigenvalue weighted by Gasteiger charge is -2.26. The molecule has 0 aromatic heterocycles. The maximum atomic E-state index is 12.0. The van der Waals surface area contributed by atoms with E-state index in [0.29, 0.717) is 12.1 Å². The minimum absolute atomic E-state index is 0.00530. The Morgan fingerprint density at radius 3 is 2.40 bits per heavy atom. The maximum Gasteiger partial charge on any atom is 0.269 e. The predicted molar refractivity (Wildman–Crippen MR) is 80.1 cm³/mol. The lowest BCUT2D eigenvalue weighted by atomic mass is 9.89. The summed E-state index contributed by atoms with van der Waals surface area (Å²) in [5.74, 6) is -0.174. The largest absolute Gasteiger partial charge is 0.351 e. The molecule has 1 fully saturated rings. The van der Waals surface area contributed by atoms with Gasteiger partial charge >= 0.3 is 0 Å². The number of rotatable bonds is 5. The van der Waals surface area contributed by atoms with Crippen molar-refractivity contribution in [2.45, 2.75) is 25.7 Å². The molecule has 0 heterocycles. The summed E-state index contributed by atoms with van der Waals surface area (Å²) in [7, 11) is 0. The molecule has 1 aromatic rings. The number of hydrogen-bond donors (Lipinski definition) is 1. The van der Waals surface area contributed by atoms with Crippen LogP contribution in [0.3, 0.4) is 0 Å².